The molecule has 0 amide bonds. The second-order valence-corrected chi connectivity index (χ2v) is 6.65. The summed E-state index contributed by atoms with van der Waals surface area (Å²) >= 11 is 5.95. The lowest BCUT2D eigenvalue weighted by atomic mass is 9.97. The summed E-state index contributed by atoms with van der Waals surface area (Å²) in [5.41, 5.74) is 2.76. The van der Waals surface area contributed by atoms with Gasteiger partial charge in [-0.05, 0) is 31.0 Å². The second kappa shape index (κ2) is 6.37. The smallest absolute Gasteiger partial charge is 0.306 e. The number of anilines is 1. The van der Waals surface area contributed by atoms with E-state index in [-0.39, 0.29) is 5.92 Å². The van der Waals surface area contributed by atoms with Crippen LogP contribution in [0.5, 0.6) is 0 Å². The summed E-state index contributed by atoms with van der Waals surface area (Å²) < 4.78 is 1.82. The first-order valence-corrected chi connectivity index (χ1v) is 8.58. The first-order valence-electron chi connectivity index (χ1n) is 8.20. The third-order valence-corrected chi connectivity index (χ3v) is 4.91. The minimum atomic E-state index is -0.708. The van der Waals surface area contributed by atoms with Crippen molar-refractivity contribution in [3.05, 3.63) is 47.7 Å². The first kappa shape index (κ1) is 15.9. The van der Waals surface area contributed by atoms with Gasteiger partial charge in [0.15, 0.2) is 5.82 Å². The van der Waals surface area contributed by atoms with Gasteiger partial charge in [0.1, 0.15) is 5.52 Å². The molecule has 1 aromatic carbocycles. The van der Waals surface area contributed by atoms with Crippen LogP contribution in [0.3, 0.4) is 0 Å². The maximum atomic E-state index is 11.1. The molecule has 7 heteroatoms. The van der Waals surface area contributed by atoms with Gasteiger partial charge in [0.05, 0.1) is 11.6 Å². The van der Waals surface area contributed by atoms with Crippen LogP contribution in [0, 0.1) is 5.92 Å². The van der Waals surface area contributed by atoms with E-state index in [1.54, 1.807) is 6.20 Å². The van der Waals surface area contributed by atoms with Crippen molar-refractivity contribution in [2.75, 3.05) is 18.0 Å². The summed E-state index contributed by atoms with van der Waals surface area (Å²) in [4.78, 5) is 17.8. The number of hydrogen-bond acceptors (Lipinski definition) is 4. The van der Waals surface area contributed by atoms with E-state index in [0.717, 1.165) is 22.6 Å². The van der Waals surface area contributed by atoms with Gasteiger partial charge in [0.25, 0.3) is 0 Å². The molecule has 1 aliphatic rings. The molecular weight excluding hydrogens is 340 g/mol. The van der Waals surface area contributed by atoms with Crippen molar-refractivity contribution in [3.63, 3.8) is 0 Å². The predicted molar refractivity (Wildman–Crippen MR) is 96.0 cm³/mol. The van der Waals surface area contributed by atoms with E-state index in [1.807, 2.05) is 41.0 Å². The van der Waals surface area contributed by atoms with E-state index < -0.39 is 5.97 Å². The minimum Gasteiger partial charge on any atom is -0.481 e. The van der Waals surface area contributed by atoms with E-state index >= 15 is 0 Å². The van der Waals surface area contributed by atoms with Crippen molar-refractivity contribution in [1.29, 1.82) is 0 Å². The quantitative estimate of drug-likeness (QED) is 0.779. The van der Waals surface area contributed by atoms with Gasteiger partial charge in [0.2, 0.25) is 0 Å². The molecule has 128 valence electrons. The minimum absolute atomic E-state index is 0.259. The predicted octanol–water partition coefficient (Wildman–Crippen LogP) is 3.35. The highest BCUT2D eigenvalue weighted by molar-refractivity contribution is 6.30. The van der Waals surface area contributed by atoms with Crippen molar-refractivity contribution in [2.45, 2.75) is 12.8 Å². The fourth-order valence-electron chi connectivity index (χ4n) is 3.25. The van der Waals surface area contributed by atoms with Gasteiger partial charge >= 0.3 is 5.97 Å². The Balaban J connectivity index is 1.66. The highest BCUT2D eigenvalue weighted by atomic mass is 35.5. The summed E-state index contributed by atoms with van der Waals surface area (Å²) in [5, 5.41) is 14.5. The number of benzene rings is 1. The summed E-state index contributed by atoms with van der Waals surface area (Å²) in [5.74, 6) is -0.121. The molecular formula is C18H17ClN4O2. The normalized spacial score (nSPS) is 15.6. The molecule has 0 spiro atoms. The summed E-state index contributed by atoms with van der Waals surface area (Å²) in [6.45, 7) is 1.37. The van der Waals surface area contributed by atoms with Gasteiger partial charge in [0, 0.05) is 36.1 Å². The molecule has 25 heavy (non-hydrogen) atoms. The van der Waals surface area contributed by atoms with Crippen molar-refractivity contribution in [3.8, 4) is 11.3 Å². The molecule has 0 aliphatic carbocycles. The number of aliphatic carboxylic acids is 1. The van der Waals surface area contributed by atoms with Gasteiger partial charge in [-0.25, -0.2) is 9.50 Å². The monoisotopic (exact) mass is 356 g/mol. The highest BCUT2D eigenvalue weighted by Crippen LogP contribution is 2.28. The van der Waals surface area contributed by atoms with Crippen LogP contribution >= 0.6 is 11.6 Å². The molecule has 0 bridgehead atoms. The second-order valence-electron chi connectivity index (χ2n) is 6.22. The third kappa shape index (κ3) is 3.05. The number of rotatable bonds is 3. The number of nitrogens with zero attached hydrogens (tertiary/aromatic N) is 4. The lowest BCUT2D eigenvalue weighted by molar-refractivity contribution is -0.142. The molecule has 4 rings (SSSR count). The molecule has 0 atom stereocenters. The summed E-state index contributed by atoms with van der Waals surface area (Å²) in [6.07, 6.45) is 4.82. The molecule has 1 fully saturated rings. The fraction of sp³-hybridized carbons (Fsp3) is 0.278. The van der Waals surface area contributed by atoms with E-state index in [9.17, 15) is 4.79 Å². The zero-order valence-electron chi connectivity index (χ0n) is 13.5. The van der Waals surface area contributed by atoms with Crippen molar-refractivity contribution >= 4 is 28.9 Å². The molecule has 2 aromatic heterocycles. The average molecular weight is 357 g/mol. The molecule has 1 N–H and O–H groups in total. The van der Waals surface area contributed by atoms with Crippen LogP contribution in [0.2, 0.25) is 5.02 Å². The number of piperidine rings is 1. The topological polar surface area (TPSA) is 70.7 Å². The molecule has 1 aliphatic heterocycles. The summed E-state index contributed by atoms with van der Waals surface area (Å²) in [7, 11) is 0. The Morgan fingerprint density at radius 2 is 1.92 bits per heavy atom. The number of carboxylic acids is 1. The molecule has 0 saturated carbocycles. The number of halogens is 1. The molecule has 3 aromatic rings. The van der Waals surface area contributed by atoms with Crippen LogP contribution < -0.4 is 4.90 Å². The largest absolute Gasteiger partial charge is 0.481 e. The Bertz CT molecular complexity index is 914. The molecule has 1 saturated heterocycles. The standard InChI is InChI=1S/C18H17ClN4O2/c19-14-3-1-12(2-4-14)15-11-16-17(20-7-10-23(16)21-15)22-8-5-13(6-9-22)18(24)25/h1-4,7,10-11,13H,5-6,8-9H2,(H,24,25). The van der Waals surface area contributed by atoms with Gasteiger partial charge < -0.3 is 10.0 Å². The van der Waals surface area contributed by atoms with E-state index in [0.29, 0.717) is 31.0 Å². The number of fused-ring (bicyclic) bond motifs is 1. The van der Waals surface area contributed by atoms with Crippen LogP contribution in [-0.4, -0.2) is 38.8 Å². The first-order chi connectivity index (χ1) is 12.1. The zero-order valence-corrected chi connectivity index (χ0v) is 14.2. The van der Waals surface area contributed by atoms with E-state index in [1.165, 1.54) is 0 Å². The lowest BCUT2D eigenvalue weighted by Gasteiger charge is -2.31. The highest BCUT2D eigenvalue weighted by Gasteiger charge is 2.26. The number of aromatic nitrogens is 3. The van der Waals surface area contributed by atoms with Gasteiger partial charge in [-0.15, -0.1) is 0 Å². The summed E-state index contributed by atoms with van der Waals surface area (Å²) in [6, 6.07) is 9.58. The van der Waals surface area contributed by atoms with Gasteiger partial charge in [-0.3, -0.25) is 4.79 Å². The van der Waals surface area contributed by atoms with Crippen molar-refractivity contribution in [2.24, 2.45) is 5.92 Å². The maximum Gasteiger partial charge on any atom is 0.306 e. The van der Waals surface area contributed by atoms with Gasteiger partial charge in [-0.1, -0.05) is 23.7 Å². The van der Waals surface area contributed by atoms with Gasteiger partial charge in [-0.2, -0.15) is 5.10 Å². The Labute approximate surface area is 149 Å². The Kier molecular flexibility index (Phi) is 4.05. The average Bonchev–Trinajstić information content (AvgIpc) is 3.06. The van der Waals surface area contributed by atoms with Crippen molar-refractivity contribution in [1.82, 2.24) is 14.6 Å². The lowest BCUT2D eigenvalue weighted by Crippen LogP contribution is -2.37. The fourth-order valence-corrected chi connectivity index (χ4v) is 3.38. The van der Waals surface area contributed by atoms with Crippen LogP contribution in [0.4, 0.5) is 5.82 Å². The van der Waals surface area contributed by atoms with E-state index in [2.05, 4.69) is 15.0 Å². The Morgan fingerprint density at radius 1 is 1.20 bits per heavy atom. The van der Waals surface area contributed by atoms with Crippen LogP contribution in [0.1, 0.15) is 12.8 Å². The van der Waals surface area contributed by atoms with Crippen LogP contribution in [0.15, 0.2) is 42.7 Å². The molecule has 3 heterocycles. The Hall–Kier alpha value is -2.60. The SMILES string of the molecule is O=C(O)C1CCN(c2nccn3nc(-c4ccc(Cl)cc4)cc23)CC1. The third-order valence-electron chi connectivity index (χ3n) is 4.65. The number of carbonyl (C=O) groups is 1. The Morgan fingerprint density at radius 3 is 2.60 bits per heavy atom. The molecule has 0 unspecified atom stereocenters. The maximum absolute atomic E-state index is 11.1. The zero-order chi connectivity index (χ0) is 17.4. The van der Waals surface area contributed by atoms with E-state index in [4.69, 9.17) is 16.7 Å². The van der Waals surface area contributed by atoms with Crippen molar-refractivity contribution < 1.29 is 9.90 Å². The number of hydrogen-bond donors (Lipinski definition) is 1. The molecule has 0 radical (unpaired) electrons. The molecule has 6 nitrogen and oxygen atoms in total. The van der Waals surface area contributed by atoms with Crippen LogP contribution in [-0.2, 0) is 4.79 Å². The number of carboxylic acid groups (broad SMARTS) is 1. The van der Waals surface area contributed by atoms with Crippen LogP contribution in [0.25, 0.3) is 16.8 Å².